The molecule has 4 rings (SSSR count). The van der Waals surface area contributed by atoms with Crippen LogP contribution in [0.1, 0.15) is 20.7 Å². The average molecular weight is 428 g/mol. The summed E-state index contributed by atoms with van der Waals surface area (Å²) in [5.74, 6) is -0.236. The number of halogens is 1. The molecule has 154 valence electrons. The predicted octanol–water partition coefficient (Wildman–Crippen LogP) is 3.26. The van der Waals surface area contributed by atoms with E-state index in [-0.39, 0.29) is 28.0 Å². The van der Waals surface area contributed by atoms with E-state index in [1.54, 1.807) is 41.3 Å². The largest absolute Gasteiger partial charge is 0.496 e. The van der Waals surface area contributed by atoms with E-state index in [2.05, 4.69) is 0 Å². The lowest BCUT2D eigenvalue weighted by Gasteiger charge is -2.38. The number of ether oxygens (including phenoxy) is 1. The Balaban J connectivity index is 1.57. The highest BCUT2D eigenvalue weighted by Crippen LogP contribution is 2.35. The third-order valence-corrected chi connectivity index (χ3v) is 5.71. The number of Topliss-reactive ketones (excluding diaryl/α,β-unsaturated/α-hetero) is 2. The minimum absolute atomic E-state index is 0.0436. The Morgan fingerprint density at radius 3 is 2.17 bits per heavy atom. The molecule has 0 spiro atoms. The molecule has 0 aromatic heterocycles. The summed E-state index contributed by atoms with van der Waals surface area (Å²) in [6.45, 7) is 1.67. The van der Waals surface area contributed by atoms with Crippen LogP contribution in [0.5, 0.6) is 5.75 Å². The second-order valence-corrected chi connectivity index (χ2v) is 7.33. The highest BCUT2D eigenvalue weighted by Gasteiger charge is 2.36. The second-order valence-electron chi connectivity index (χ2n) is 6.95. The molecule has 0 atom stereocenters. The maximum Gasteiger partial charge on any atom is 0.296 e. The monoisotopic (exact) mass is 427 g/mol. The zero-order valence-electron chi connectivity index (χ0n) is 16.1. The lowest BCUT2D eigenvalue weighted by Crippen LogP contribution is -2.48. The SMILES string of the molecule is COc1ccc(N2CCN(C3=C(Cl)C(=O)c4ccccc4C3=O)CC2)c([N+](=O)[O-])c1. The molecule has 9 heteroatoms. The number of methoxy groups -OCH3 is 1. The summed E-state index contributed by atoms with van der Waals surface area (Å²) in [7, 11) is 1.45. The summed E-state index contributed by atoms with van der Waals surface area (Å²) < 4.78 is 5.08. The Morgan fingerprint density at radius 2 is 1.57 bits per heavy atom. The molecule has 2 aromatic carbocycles. The van der Waals surface area contributed by atoms with Gasteiger partial charge in [0.25, 0.3) is 5.69 Å². The number of nitro benzene ring substituents is 1. The fourth-order valence-electron chi connectivity index (χ4n) is 3.83. The number of rotatable bonds is 4. The Bertz CT molecular complexity index is 1090. The van der Waals surface area contributed by atoms with Gasteiger partial charge in [-0.3, -0.25) is 19.7 Å². The minimum Gasteiger partial charge on any atom is -0.496 e. The van der Waals surface area contributed by atoms with Gasteiger partial charge in [-0.25, -0.2) is 0 Å². The quantitative estimate of drug-likeness (QED) is 0.546. The van der Waals surface area contributed by atoms with Crippen molar-refractivity contribution in [2.24, 2.45) is 0 Å². The Kier molecular flexibility index (Phi) is 5.17. The van der Waals surface area contributed by atoms with Crippen molar-refractivity contribution >= 4 is 34.5 Å². The lowest BCUT2D eigenvalue weighted by atomic mass is 9.91. The van der Waals surface area contributed by atoms with Crippen LogP contribution in [-0.4, -0.2) is 54.7 Å². The van der Waals surface area contributed by atoms with Gasteiger partial charge in [0.2, 0.25) is 11.6 Å². The van der Waals surface area contributed by atoms with Crippen LogP contribution in [0.2, 0.25) is 0 Å². The molecule has 1 saturated heterocycles. The molecule has 30 heavy (non-hydrogen) atoms. The maximum atomic E-state index is 13.0. The van der Waals surface area contributed by atoms with Gasteiger partial charge in [-0.1, -0.05) is 35.9 Å². The van der Waals surface area contributed by atoms with E-state index >= 15 is 0 Å². The van der Waals surface area contributed by atoms with Crippen LogP contribution in [-0.2, 0) is 0 Å². The second kappa shape index (κ2) is 7.79. The van der Waals surface area contributed by atoms with Crippen molar-refractivity contribution in [2.45, 2.75) is 0 Å². The van der Waals surface area contributed by atoms with E-state index < -0.39 is 4.92 Å². The number of nitro groups is 1. The van der Waals surface area contributed by atoms with Crippen LogP contribution in [0.15, 0.2) is 53.2 Å². The minimum atomic E-state index is -0.441. The molecule has 2 aromatic rings. The van der Waals surface area contributed by atoms with E-state index in [0.717, 1.165) is 0 Å². The molecule has 2 aliphatic rings. The van der Waals surface area contributed by atoms with Crippen LogP contribution in [0.3, 0.4) is 0 Å². The van der Waals surface area contributed by atoms with Gasteiger partial charge in [0.05, 0.1) is 18.1 Å². The van der Waals surface area contributed by atoms with Crippen molar-refractivity contribution in [1.29, 1.82) is 0 Å². The van der Waals surface area contributed by atoms with E-state index in [1.165, 1.54) is 13.2 Å². The summed E-state index contributed by atoms with van der Waals surface area (Å²) in [4.78, 5) is 40.3. The van der Waals surface area contributed by atoms with Gasteiger partial charge in [-0.05, 0) is 12.1 Å². The van der Waals surface area contributed by atoms with Crippen molar-refractivity contribution in [3.05, 3.63) is 74.4 Å². The fraction of sp³-hybridized carbons (Fsp3) is 0.238. The predicted molar refractivity (Wildman–Crippen MR) is 111 cm³/mol. The standard InChI is InChI=1S/C21H18ClN3O5/c1-30-13-6-7-16(17(12-13)25(28)29)23-8-10-24(11-9-23)19-18(22)20(26)14-4-2-3-5-15(14)21(19)27/h2-7,12H,8-11H2,1H3. The molecule has 0 saturated carbocycles. The molecule has 1 aliphatic heterocycles. The maximum absolute atomic E-state index is 13.0. The number of allylic oxidation sites excluding steroid dienone is 2. The number of carbonyl (C=O) groups excluding carboxylic acids is 2. The summed E-state index contributed by atoms with van der Waals surface area (Å²) in [6, 6.07) is 11.3. The Morgan fingerprint density at radius 1 is 0.967 bits per heavy atom. The lowest BCUT2D eigenvalue weighted by molar-refractivity contribution is -0.384. The van der Waals surface area contributed by atoms with Crippen molar-refractivity contribution < 1.29 is 19.2 Å². The molecule has 0 amide bonds. The zero-order chi connectivity index (χ0) is 21.4. The van der Waals surface area contributed by atoms with E-state index in [1.807, 2.05) is 4.90 Å². The molecule has 1 aliphatic carbocycles. The zero-order valence-corrected chi connectivity index (χ0v) is 16.9. The first kappa shape index (κ1) is 19.9. The number of benzene rings is 2. The van der Waals surface area contributed by atoms with Crippen molar-refractivity contribution in [3.8, 4) is 5.75 Å². The van der Waals surface area contributed by atoms with Gasteiger partial charge < -0.3 is 14.5 Å². The molecule has 0 N–H and O–H groups in total. The molecule has 8 nitrogen and oxygen atoms in total. The van der Waals surface area contributed by atoms with Crippen molar-refractivity contribution in [3.63, 3.8) is 0 Å². The number of carbonyl (C=O) groups is 2. The number of nitrogens with zero attached hydrogens (tertiary/aromatic N) is 3. The third kappa shape index (κ3) is 3.29. The van der Waals surface area contributed by atoms with Gasteiger partial charge in [0.1, 0.15) is 22.2 Å². The summed E-state index contributed by atoms with van der Waals surface area (Å²) in [5, 5.41) is 11.4. The fourth-order valence-corrected chi connectivity index (χ4v) is 4.14. The number of piperazine rings is 1. The van der Waals surface area contributed by atoms with Gasteiger partial charge in [0.15, 0.2) is 0 Å². The van der Waals surface area contributed by atoms with E-state index in [4.69, 9.17) is 16.3 Å². The van der Waals surface area contributed by atoms with Gasteiger partial charge in [-0.15, -0.1) is 0 Å². The van der Waals surface area contributed by atoms with Crippen LogP contribution in [0, 0.1) is 10.1 Å². The Hall–Kier alpha value is -3.39. The van der Waals surface area contributed by atoms with Gasteiger partial charge in [0, 0.05) is 37.3 Å². The molecule has 0 unspecified atom stereocenters. The smallest absolute Gasteiger partial charge is 0.296 e. The molecule has 0 bridgehead atoms. The first-order valence-corrected chi connectivity index (χ1v) is 9.70. The first-order valence-electron chi connectivity index (χ1n) is 9.33. The average Bonchev–Trinajstić information content (AvgIpc) is 2.77. The molecule has 0 radical (unpaired) electrons. The third-order valence-electron chi connectivity index (χ3n) is 5.35. The molecular formula is C21H18ClN3O5. The van der Waals surface area contributed by atoms with Gasteiger partial charge >= 0.3 is 0 Å². The highest BCUT2D eigenvalue weighted by atomic mass is 35.5. The number of fused-ring (bicyclic) bond motifs is 1. The van der Waals surface area contributed by atoms with Crippen molar-refractivity contribution in [2.75, 3.05) is 38.2 Å². The topological polar surface area (TPSA) is 93.0 Å². The van der Waals surface area contributed by atoms with Crippen LogP contribution in [0.25, 0.3) is 0 Å². The number of anilines is 1. The summed E-state index contributed by atoms with van der Waals surface area (Å²) in [6.07, 6.45) is 0. The van der Waals surface area contributed by atoms with Crippen LogP contribution in [0.4, 0.5) is 11.4 Å². The number of hydrogen-bond donors (Lipinski definition) is 0. The molecule has 1 heterocycles. The molecular weight excluding hydrogens is 410 g/mol. The van der Waals surface area contributed by atoms with Gasteiger partial charge in [-0.2, -0.15) is 0 Å². The van der Waals surface area contributed by atoms with E-state index in [9.17, 15) is 19.7 Å². The normalized spacial score (nSPS) is 16.6. The first-order chi connectivity index (χ1) is 14.4. The number of hydrogen-bond acceptors (Lipinski definition) is 7. The van der Waals surface area contributed by atoms with Crippen molar-refractivity contribution in [1.82, 2.24) is 4.90 Å². The number of ketones is 2. The van der Waals surface area contributed by atoms with E-state index in [0.29, 0.717) is 48.7 Å². The summed E-state index contributed by atoms with van der Waals surface area (Å²) >= 11 is 6.29. The molecule has 1 fully saturated rings. The summed E-state index contributed by atoms with van der Waals surface area (Å²) in [5.41, 5.74) is 1.29. The van der Waals surface area contributed by atoms with Crippen LogP contribution >= 0.6 is 11.6 Å². The van der Waals surface area contributed by atoms with Crippen LogP contribution < -0.4 is 9.64 Å². The Labute approximate surface area is 177 Å². The highest BCUT2D eigenvalue weighted by molar-refractivity contribution is 6.49.